The summed E-state index contributed by atoms with van der Waals surface area (Å²) in [6, 6.07) is 34.2. The molecule has 3 aromatic carbocycles. The number of hydrogen-bond acceptors (Lipinski definition) is 0. The van der Waals surface area contributed by atoms with Gasteiger partial charge in [0.1, 0.15) is 14.1 Å². The van der Waals surface area contributed by atoms with E-state index in [-0.39, 0.29) is 0 Å². The number of hydrogen-bond donors (Lipinski definition) is 0. The van der Waals surface area contributed by atoms with Crippen molar-refractivity contribution in [2.24, 2.45) is 14.1 Å². The van der Waals surface area contributed by atoms with Gasteiger partial charge in [0.15, 0.2) is 0 Å². The van der Waals surface area contributed by atoms with Crippen molar-refractivity contribution in [1.82, 2.24) is 0 Å². The maximum absolute atomic E-state index is 2.23. The maximum atomic E-state index is 2.23. The van der Waals surface area contributed by atoms with Gasteiger partial charge in [0.25, 0.3) is 0 Å². The number of pyridine rings is 2. The first kappa shape index (κ1) is 19.9. The molecule has 0 spiro atoms. The quantitative estimate of drug-likeness (QED) is 0.320. The molecule has 2 heteroatoms. The summed E-state index contributed by atoms with van der Waals surface area (Å²) in [5.41, 5.74) is 7.18. The van der Waals surface area contributed by atoms with Crippen LogP contribution in [0, 0.1) is 0 Å². The lowest BCUT2D eigenvalue weighted by molar-refractivity contribution is -0.646. The van der Waals surface area contributed by atoms with Crippen molar-refractivity contribution in [3.8, 4) is 0 Å². The van der Waals surface area contributed by atoms with Crippen LogP contribution in [0.15, 0.2) is 97.1 Å². The summed E-state index contributed by atoms with van der Waals surface area (Å²) in [5, 5.41) is 2.50. The van der Waals surface area contributed by atoms with E-state index >= 15 is 0 Å². The van der Waals surface area contributed by atoms with E-state index < -0.39 is 0 Å². The number of para-hydroxylation sites is 2. The third-order valence-electron chi connectivity index (χ3n) is 6.04. The van der Waals surface area contributed by atoms with Crippen LogP contribution in [0.4, 0.5) is 0 Å². The minimum atomic E-state index is 1.17. The molecule has 0 bridgehead atoms. The second-order valence-corrected chi connectivity index (χ2v) is 8.09. The minimum absolute atomic E-state index is 1.17. The number of nitrogens with zero attached hydrogens (tertiary/aromatic N) is 2. The number of rotatable bonds is 4. The zero-order valence-corrected chi connectivity index (χ0v) is 18.4. The van der Waals surface area contributed by atoms with Crippen LogP contribution < -0.4 is 9.13 Å². The monoisotopic (exact) mass is 414 g/mol. The SMILES string of the molecule is C[n+]1c(/C=C/c2cccc(/C=C/c3ccc4ccccc4[n+]3C)c2)ccc2ccccc21. The summed E-state index contributed by atoms with van der Waals surface area (Å²) in [4.78, 5) is 0. The highest BCUT2D eigenvalue weighted by Gasteiger charge is 2.09. The first-order chi connectivity index (χ1) is 15.7. The molecule has 5 aromatic rings. The van der Waals surface area contributed by atoms with Crippen LogP contribution in [0.1, 0.15) is 22.5 Å². The second-order valence-electron chi connectivity index (χ2n) is 8.09. The number of benzene rings is 3. The Kier molecular flexibility index (Phi) is 5.35. The fourth-order valence-corrected chi connectivity index (χ4v) is 4.18. The highest BCUT2D eigenvalue weighted by Crippen LogP contribution is 2.15. The van der Waals surface area contributed by atoms with E-state index in [4.69, 9.17) is 0 Å². The van der Waals surface area contributed by atoms with Crippen molar-refractivity contribution >= 4 is 46.1 Å². The Morgan fingerprint density at radius 3 is 1.44 bits per heavy atom. The molecule has 0 unspecified atom stereocenters. The molecule has 0 aliphatic carbocycles. The van der Waals surface area contributed by atoms with Crippen LogP contribution in [-0.4, -0.2) is 0 Å². The summed E-state index contributed by atoms with van der Waals surface area (Å²) in [7, 11) is 4.23. The van der Waals surface area contributed by atoms with Gasteiger partial charge in [-0.2, -0.15) is 9.13 Å². The Labute approximate surface area is 189 Å². The average molecular weight is 415 g/mol. The van der Waals surface area contributed by atoms with Gasteiger partial charge in [0, 0.05) is 47.2 Å². The van der Waals surface area contributed by atoms with Crippen LogP contribution in [0.3, 0.4) is 0 Å². The Morgan fingerprint density at radius 2 is 0.938 bits per heavy atom. The molecule has 0 radical (unpaired) electrons. The molecule has 5 rings (SSSR count). The van der Waals surface area contributed by atoms with Crippen molar-refractivity contribution in [2.45, 2.75) is 0 Å². The molecule has 0 fully saturated rings. The van der Waals surface area contributed by atoms with Gasteiger partial charge < -0.3 is 0 Å². The van der Waals surface area contributed by atoms with Gasteiger partial charge >= 0.3 is 0 Å². The lowest BCUT2D eigenvalue weighted by Gasteiger charge is -2.01. The molecule has 0 atom stereocenters. The third kappa shape index (κ3) is 3.95. The third-order valence-corrected chi connectivity index (χ3v) is 6.04. The first-order valence-corrected chi connectivity index (χ1v) is 10.9. The van der Waals surface area contributed by atoms with Gasteiger partial charge in [-0.3, -0.25) is 0 Å². The second kappa shape index (κ2) is 8.60. The van der Waals surface area contributed by atoms with Crippen molar-refractivity contribution in [2.75, 3.05) is 0 Å². The lowest BCUT2D eigenvalue weighted by Crippen LogP contribution is -2.32. The molecule has 32 heavy (non-hydrogen) atoms. The standard InChI is InChI=1S/C30H26N2/c1-31-27(20-16-25-10-3-5-12-29(25)31)18-14-23-8-7-9-24(22-23)15-19-28-21-17-26-11-4-6-13-30(26)32(28)2/h3-22H,1-2H3/q+2/b18-14+,19-15+. The molecular formula is C30H26N2+2. The normalized spacial score (nSPS) is 11.8. The van der Waals surface area contributed by atoms with E-state index in [0.717, 1.165) is 0 Å². The number of fused-ring (bicyclic) bond motifs is 2. The predicted molar refractivity (Wildman–Crippen MR) is 135 cm³/mol. The molecule has 2 nitrogen and oxygen atoms in total. The zero-order valence-electron chi connectivity index (χ0n) is 18.4. The highest BCUT2D eigenvalue weighted by atomic mass is 14.9. The smallest absolute Gasteiger partial charge is 0.195 e. The highest BCUT2D eigenvalue weighted by molar-refractivity contribution is 5.79. The van der Waals surface area contributed by atoms with Gasteiger partial charge in [-0.15, -0.1) is 0 Å². The number of aryl methyl sites for hydroxylation is 2. The van der Waals surface area contributed by atoms with E-state index in [1.54, 1.807) is 0 Å². The van der Waals surface area contributed by atoms with Crippen molar-refractivity contribution < 1.29 is 9.13 Å². The molecular weight excluding hydrogens is 388 g/mol. The lowest BCUT2D eigenvalue weighted by atomic mass is 10.1. The minimum Gasteiger partial charge on any atom is -0.195 e. The van der Waals surface area contributed by atoms with E-state index in [9.17, 15) is 0 Å². The summed E-state index contributed by atoms with van der Waals surface area (Å²) < 4.78 is 4.46. The molecule has 154 valence electrons. The topological polar surface area (TPSA) is 7.76 Å². The molecule has 2 heterocycles. The van der Waals surface area contributed by atoms with Crippen LogP contribution in [-0.2, 0) is 14.1 Å². The molecule has 0 amide bonds. The predicted octanol–water partition coefficient (Wildman–Crippen LogP) is 5.98. The Balaban J connectivity index is 1.41. The largest absolute Gasteiger partial charge is 0.212 e. The first-order valence-electron chi connectivity index (χ1n) is 10.9. The van der Waals surface area contributed by atoms with E-state index in [0.29, 0.717) is 0 Å². The Bertz CT molecular complexity index is 1380. The van der Waals surface area contributed by atoms with Crippen molar-refractivity contribution in [3.05, 3.63) is 120 Å². The van der Waals surface area contributed by atoms with Gasteiger partial charge in [-0.1, -0.05) is 42.5 Å². The average Bonchev–Trinajstić information content (AvgIpc) is 2.84. The van der Waals surface area contributed by atoms with E-state index in [1.165, 1.54) is 44.3 Å². The van der Waals surface area contributed by atoms with Crippen molar-refractivity contribution in [1.29, 1.82) is 0 Å². The summed E-state index contributed by atoms with van der Waals surface area (Å²) in [6.45, 7) is 0. The van der Waals surface area contributed by atoms with Crippen LogP contribution in [0.2, 0.25) is 0 Å². The van der Waals surface area contributed by atoms with Gasteiger partial charge in [0.2, 0.25) is 22.4 Å². The zero-order chi connectivity index (χ0) is 21.9. The van der Waals surface area contributed by atoms with Crippen LogP contribution in [0.25, 0.3) is 46.1 Å². The van der Waals surface area contributed by atoms with E-state index in [1.807, 2.05) is 0 Å². The summed E-state index contributed by atoms with van der Waals surface area (Å²) >= 11 is 0. The van der Waals surface area contributed by atoms with Gasteiger partial charge in [-0.05, 0) is 53.6 Å². The molecule has 0 aliphatic heterocycles. The van der Waals surface area contributed by atoms with Crippen molar-refractivity contribution in [3.63, 3.8) is 0 Å². The van der Waals surface area contributed by atoms with Gasteiger partial charge in [0.05, 0.1) is 0 Å². The molecule has 0 saturated carbocycles. The van der Waals surface area contributed by atoms with E-state index in [2.05, 4.69) is 145 Å². The maximum Gasteiger partial charge on any atom is 0.212 e. The van der Waals surface area contributed by atoms with Crippen LogP contribution in [0.5, 0.6) is 0 Å². The summed E-state index contributed by atoms with van der Waals surface area (Å²) in [6.07, 6.45) is 8.71. The Morgan fingerprint density at radius 1 is 0.469 bits per heavy atom. The summed E-state index contributed by atoms with van der Waals surface area (Å²) in [5.74, 6) is 0. The fraction of sp³-hybridized carbons (Fsp3) is 0.0667. The Hall–Kier alpha value is -4.04. The number of aromatic nitrogens is 2. The van der Waals surface area contributed by atoms with Gasteiger partial charge in [-0.25, -0.2) is 0 Å². The van der Waals surface area contributed by atoms with Crippen LogP contribution >= 0.6 is 0 Å². The molecule has 0 aliphatic rings. The molecule has 0 N–H and O–H groups in total. The molecule has 0 saturated heterocycles. The molecule has 2 aromatic heterocycles. The fourth-order valence-electron chi connectivity index (χ4n) is 4.18.